The van der Waals surface area contributed by atoms with Crippen molar-refractivity contribution < 1.29 is 4.74 Å². The number of aromatic amines is 1. The highest BCUT2D eigenvalue weighted by Gasteiger charge is 2.35. The molecule has 1 aromatic rings. The molecular weight excluding hydrogens is 240 g/mol. The zero-order chi connectivity index (χ0) is 11.1. The first-order valence-corrected chi connectivity index (χ1v) is 5.87. The highest BCUT2D eigenvalue weighted by atomic mass is 35.5. The summed E-state index contributed by atoms with van der Waals surface area (Å²) >= 11 is 0. The standard InChI is InChI=1S/C12H16N2O2.ClH/c1-7-12-9(4-5-11(15)14-12)16-10(6-13-7)8-2-3-8;/h4-5,7-8,10,13H,2-3,6H2,1H3,(H,14,15);1H/t7-,10-;/m0./s1. The normalized spacial score (nSPS) is 27.4. The fourth-order valence-electron chi connectivity index (χ4n) is 2.23. The number of pyridine rings is 1. The third-order valence-electron chi connectivity index (χ3n) is 3.39. The summed E-state index contributed by atoms with van der Waals surface area (Å²) in [4.78, 5) is 14.1. The smallest absolute Gasteiger partial charge is 0.248 e. The van der Waals surface area contributed by atoms with Crippen LogP contribution in [0.4, 0.5) is 0 Å². The molecule has 1 fully saturated rings. The minimum absolute atomic E-state index is 0. The molecule has 17 heavy (non-hydrogen) atoms. The van der Waals surface area contributed by atoms with Gasteiger partial charge in [0, 0.05) is 18.7 Å². The van der Waals surface area contributed by atoms with Crippen LogP contribution in [0.25, 0.3) is 0 Å². The van der Waals surface area contributed by atoms with Crippen molar-refractivity contribution in [1.29, 1.82) is 0 Å². The molecule has 0 aromatic carbocycles. The predicted octanol–water partition coefficient (Wildman–Crippen LogP) is 1.62. The molecule has 1 aliphatic carbocycles. The number of hydrogen-bond donors (Lipinski definition) is 2. The summed E-state index contributed by atoms with van der Waals surface area (Å²) in [6.07, 6.45) is 2.79. The van der Waals surface area contributed by atoms with Crippen LogP contribution in [-0.2, 0) is 0 Å². The summed E-state index contributed by atoms with van der Waals surface area (Å²) in [7, 11) is 0. The molecule has 1 saturated carbocycles. The highest BCUT2D eigenvalue weighted by Crippen LogP contribution is 2.37. The second-order valence-corrected chi connectivity index (χ2v) is 4.72. The molecule has 2 aliphatic rings. The summed E-state index contributed by atoms with van der Waals surface area (Å²) in [5.41, 5.74) is 0.802. The third-order valence-corrected chi connectivity index (χ3v) is 3.39. The van der Waals surface area contributed by atoms with Gasteiger partial charge in [-0.25, -0.2) is 0 Å². The van der Waals surface area contributed by atoms with Crippen LogP contribution in [0.3, 0.4) is 0 Å². The van der Waals surface area contributed by atoms with E-state index in [1.165, 1.54) is 18.9 Å². The molecule has 0 bridgehead atoms. The average Bonchev–Trinajstić information content (AvgIpc) is 3.08. The topological polar surface area (TPSA) is 54.1 Å². The van der Waals surface area contributed by atoms with Gasteiger partial charge in [0.1, 0.15) is 11.9 Å². The number of ether oxygens (including phenoxy) is 1. The van der Waals surface area contributed by atoms with Gasteiger partial charge in [-0.3, -0.25) is 4.79 Å². The van der Waals surface area contributed by atoms with Gasteiger partial charge in [0.2, 0.25) is 5.56 Å². The van der Waals surface area contributed by atoms with Crippen molar-refractivity contribution in [3.05, 3.63) is 28.2 Å². The Hall–Kier alpha value is -1.00. The van der Waals surface area contributed by atoms with Crippen molar-refractivity contribution in [3.8, 4) is 5.75 Å². The fraction of sp³-hybridized carbons (Fsp3) is 0.583. The largest absolute Gasteiger partial charge is 0.487 e. The quantitative estimate of drug-likeness (QED) is 0.803. The number of hydrogen-bond acceptors (Lipinski definition) is 3. The Morgan fingerprint density at radius 3 is 2.82 bits per heavy atom. The average molecular weight is 257 g/mol. The van der Waals surface area contributed by atoms with E-state index >= 15 is 0 Å². The van der Waals surface area contributed by atoms with Crippen molar-refractivity contribution in [2.45, 2.75) is 31.9 Å². The Bertz CT molecular complexity index is 456. The maximum absolute atomic E-state index is 11.3. The number of rotatable bonds is 1. The lowest BCUT2D eigenvalue weighted by atomic mass is 10.2. The zero-order valence-corrected chi connectivity index (χ0v) is 10.5. The molecule has 4 nitrogen and oxygen atoms in total. The summed E-state index contributed by atoms with van der Waals surface area (Å²) in [5.74, 6) is 1.52. The Morgan fingerprint density at radius 1 is 1.35 bits per heavy atom. The van der Waals surface area contributed by atoms with E-state index in [0.717, 1.165) is 18.0 Å². The second kappa shape index (κ2) is 4.70. The Kier molecular flexibility index (Phi) is 3.45. The first-order chi connectivity index (χ1) is 7.74. The highest BCUT2D eigenvalue weighted by molar-refractivity contribution is 5.85. The molecule has 0 amide bonds. The minimum atomic E-state index is -0.0686. The monoisotopic (exact) mass is 256 g/mol. The van der Waals surface area contributed by atoms with Crippen LogP contribution in [-0.4, -0.2) is 17.6 Å². The predicted molar refractivity (Wildman–Crippen MR) is 67.9 cm³/mol. The molecule has 0 spiro atoms. The van der Waals surface area contributed by atoms with Gasteiger partial charge in [-0.15, -0.1) is 12.4 Å². The Labute approximate surface area is 106 Å². The Balaban J connectivity index is 0.00000108. The van der Waals surface area contributed by atoms with Gasteiger partial charge in [0.25, 0.3) is 0 Å². The van der Waals surface area contributed by atoms with Crippen molar-refractivity contribution >= 4 is 12.4 Å². The van der Waals surface area contributed by atoms with E-state index in [1.54, 1.807) is 6.07 Å². The maximum atomic E-state index is 11.3. The van der Waals surface area contributed by atoms with Gasteiger partial charge in [-0.2, -0.15) is 0 Å². The lowest BCUT2D eigenvalue weighted by Gasteiger charge is -2.15. The fourth-order valence-corrected chi connectivity index (χ4v) is 2.23. The van der Waals surface area contributed by atoms with E-state index in [4.69, 9.17) is 4.74 Å². The van der Waals surface area contributed by atoms with Crippen molar-refractivity contribution in [2.24, 2.45) is 5.92 Å². The van der Waals surface area contributed by atoms with E-state index < -0.39 is 0 Å². The van der Waals surface area contributed by atoms with E-state index in [2.05, 4.69) is 10.3 Å². The van der Waals surface area contributed by atoms with Gasteiger partial charge in [-0.05, 0) is 31.7 Å². The number of H-pyrrole nitrogens is 1. The van der Waals surface area contributed by atoms with Crippen LogP contribution in [0.5, 0.6) is 5.75 Å². The first-order valence-electron chi connectivity index (χ1n) is 5.87. The van der Waals surface area contributed by atoms with Crippen LogP contribution in [0.15, 0.2) is 16.9 Å². The first kappa shape index (κ1) is 12.5. The number of fused-ring (bicyclic) bond motifs is 1. The van der Waals surface area contributed by atoms with Crippen molar-refractivity contribution in [3.63, 3.8) is 0 Å². The van der Waals surface area contributed by atoms with Crippen LogP contribution < -0.4 is 15.6 Å². The molecule has 0 saturated heterocycles. The molecule has 1 aromatic heterocycles. The molecule has 2 atom stereocenters. The van der Waals surface area contributed by atoms with Crippen LogP contribution in [0.1, 0.15) is 31.5 Å². The molecule has 1 aliphatic heterocycles. The van der Waals surface area contributed by atoms with E-state index in [9.17, 15) is 4.79 Å². The molecule has 94 valence electrons. The molecular formula is C12H17ClN2O2. The number of aromatic nitrogens is 1. The maximum Gasteiger partial charge on any atom is 0.248 e. The second-order valence-electron chi connectivity index (χ2n) is 4.72. The van der Waals surface area contributed by atoms with E-state index in [1.807, 2.05) is 6.92 Å². The summed E-state index contributed by atoms with van der Waals surface area (Å²) in [5, 5.41) is 3.40. The summed E-state index contributed by atoms with van der Waals surface area (Å²) in [6, 6.07) is 3.46. The lowest BCUT2D eigenvalue weighted by Crippen LogP contribution is -2.31. The summed E-state index contributed by atoms with van der Waals surface area (Å²) in [6.45, 7) is 2.91. The van der Waals surface area contributed by atoms with Crippen molar-refractivity contribution in [2.75, 3.05) is 6.54 Å². The molecule has 0 unspecified atom stereocenters. The van der Waals surface area contributed by atoms with Gasteiger partial charge >= 0.3 is 0 Å². The number of nitrogens with one attached hydrogen (secondary N) is 2. The van der Waals surface area contributed by atoms with Gasteiger partial charge < -0.3 is 15.0 Å². The third kappa shape index (κ3) is 2.48. The minimum Gasteiger partial charge on any atom is -0.487 e. The Morgan fingerprint density at radius 2 is 2.12 bits per heavy atom. The van der Waals surface area contributed by atoms with Crippen molar-refractivity contribution in [1.82, 2.24) is 10.3 Å². The lowest BCUT2D eigenvalue weighted by molar-refractivity contribution is 0.181. The van der Waals surface area contributed by atoms with Gasteiger partial charge in [0.15, 0.2) is 0 Å². The molecule has 3 rings (SSSR count). The van der Waals surface area contributed by atoms with E-state index in [-0.39, 0.29) is 30.1 Å². The molecule has 2 heterocycles. The summed E-state index contributed by atoms with van der Waals surface area (Å²) < 4.78 is 5.97. The van der Waals surface area contributed by atoms with Gasteiger partial charge in [-0.1, -0.05) is 0 Å². The molecule has 5 heteroatoms. The van der Waals surface area contributed by atoms with E-state index in [0.29, 0.717) is 5.92 Å². The van der Waals surface area contributed by atoms with Crippen LogP contribution >= 0.6 is 12.4 Å². The van der Waals surface area contributed by atoms with Crippen LogP contribution in [0.2, 0.25) is 0 Å². The zero-order valence-electron chi connectivity index (χ0n) is 9.73. The van der Waals surface area contributed by atoms with Crippen LogP contribution in [0, 0.1) is 5.92 Å². The van der Waals surface area contributed by atoms with Gasteiger partial charge in [0.05, 0.1) is 5.69 Å². The molecule has 2 N–H and O–H groups in total. The molecule has 0 radical (unpaired) electrons. The SMILES string of the molecule is C[C@@H]1NC[C@@H](C2CC2)Oc2ccc(=O)[nH]c21.Cl. The number of halogens is 1.